The molecule has 2 nitrogen and oxygen atoms in total. The molecule has 0 aliphatic rings. The molecule has 0 fully saturated rings. The first kappa shape index (κ1) is 16.9. The van der Waals surface area contributed by atoms with E-state index in [1.54, 1.807) is 12.1 Å². The number of carbonyl (C=O) groups excluding carboxylic acids is 1. The smallest absolute Gasteiger partial charge is 0.251 e. The second-order valence-electron chi connectivity index (χ2n) is 6.26. The van der Waals surface area contributed by atoms with Crippen LogP contribution >= 0.6 is 23.2 Å². The molecule has 2 rings (SSSR count). The summed E-state index contributed by atoms with van der Waals surface area (Å²) in [6.45, 7) is 6.85. The van der Waals surface area contributed by atoms with Gasteiger partial charge in [0.05, 0.1) is 10.0 Å². The Morgan fingerprint density at radius 3 is 2.18 bits per heavy atom. The van der Waals surface area contributed by atoms with Crippen molar-refractivity contribution in [3.05, 3.63) is 69.2 Å². The van der Waals surface area contributed by atoms with Crippen molar-refractivity contribution in [2.24, 2.45) is 0 Å². The number of carbonyl (C=O) groups is 1. The second kappa shape index (κ2) is 6.72. The van der Waals surface area contributed by atoms with E-state index >= 15 is 0 Å². The lowest BCUT2D eigenvalue weighted by Gasteiger charge is -2.19. The van der Waals surface area contributed by atoms with E-state index in [-0.39, 0.29) is 11.3 Å². The van der Waals surface area contributed by atoms with Gasteiger partial charge in [-0.15, -0.1) is 0 Å². The molecule has 0 heterocycles. The maximum atomic E-state index is 12.2. The minimum absolute atomic E-state index is 0.0784. The van der Waals surface area contributed by atoms with E-state index in [1.165, 1.54) is 5.56 Å². The molecule has 0 aromatic heterocycles. The van der Waals surface area contributed by atoms with Gasteiger partial charge in [0.1, 0.15) is 0 Å². The molecule has 0 aliphatic carbocycles. The molecule has 0 spiro atoms. The summed E-state index contributed by atoms with van der Waals surface area (Å²) in [4.78, 5) is 12.2. The Hall–Kier alpha value is -1.51. The zero-order valence-electron chi connectivity index (χ0n) is 12.9. The van der Waals surface area contributed by atoms with E-state index < -0.39 is 0 Å². The van der Waals surface area contributed by atoms with Crippen LogP contribution in [0.3, 0.4) is 0 Å². The van der Waals surface area contributed by atoms with Crippen LogP contribution in [-0.4, -0.2) is 5.91 Å². The number of hydrogen-bond donors (Lipinski definition) is 1. The van der Waals surface area contributed by atoms with Crippen molar-refractivity contribution < 1.29 is 4.79 Å². The normalized spacial score (nSPS) is 11.3. The molecule has 0 unspecified atom stereocenters. The number of amides is 1. The molecule has 4 heteroatoms. The summed E-state index contributed by atoms with van der Waals surface area (Å²) in [6, 6.07) is 13.0. The molecule has 2 aromatic rings. The summed E-state index contributed by atoms with van der Waals surface area (Å²) in [6.07, 6.45) is 0. The predicted molar refractivity (Wildman–Crippen MR) is 92.8 cm³/mol. The maximum absolute atomic E-state index is 12.2. The van der Waals surface area contributed by atoms with Gasteiger partial charge in [-0.3, -0.25) is 4.79 Å². The summed E-state index contributed by atoms with van der Waals surface area (Å²) in [5.74, 6) is -0.105. The molecular formula is C18H19Cl2NO. The lowest BCUT2D eigenvalue weighted by molar-refractivity contribution is 0.0951. The van der Waals surface area contributed by atoms with Crippen molar-refractivity contribution in [2.75, 3.05) is 0 Å². The SMILES string of the molecule is CC(C)(C)c1ccc(C(=O)NCc2ccc(Cl)c(Cl)c2)cc1. The molecule has 116 valence electrons. The van der Waals surface area contributed by atoms with Crippen molar-refractivity contribution in [1.82, 2.24) is 5.32 Å². The summed E-state index contributed by atoms with van der Waals surface area (Å²) in [5, 5.41) is 3.88. The highest BCUT2D eigenvalue weighted by molar-refractivity contribution is 6.42. The number of hydrogen-bond acceptors (Lipinski definition) is 1. The Bertz CT molecular complexity index is 672. The molecule has 1 N–H and O–H groups in total. The summed E-state index contributed by atoms with van der Waals surface area (Å²) < 4.78 is 0. The fraction of sp³-hybridized carbons (Fsp3) is 0.278. The Morgan fingerprint density at radius 1 is 1.00 bits per heavy atom. The third-order valence-corrected chi connectivity index (χ3v) is 4.19. The van der Waals surface area contributed by atoms with Crippen LogP contribution in [0.15, 0.2) is 42.5 Å². The van der Waals surface area contributed by atoms with Gasteiger partial charge in [-0.2, -0.15) is 0 Å². The van der Waals surface area contributed by atoms with E-state index in [1.807, 2.05) is 30.3 Å². The van der Waals surface area contributed by atoms with Gasteiger partial charge in [-0.25, -0.2) is 0 Å². The molecule has 0 radical (unpaired) electrons. The van der Waals surface area contributed by atoms with Crippen molar-refractivity contribution in [3.63, 3.8) is 0 Å². The molecule has 0 saturated heterocycles. The van der Waals surface area contributed by atoms with Crippen molar-refractivity contribution in [3.8, 4) is 0 Å². The first-order valence-corrected chi connectivity index (χ1v) is 7.85. The monoisotopic (exact) mass is 335 g/mol. The fourth-order valence-electron chi connectivity index (χ4n) is 2.06. The van der Waals surface area contributed by atoms with Crippen molar-refractivity contribution in [1.29, 1.82) is 0 Å². The molecule has 1 amide bonds. The van der Waals surface area contributed by atoms with Gasteiger partial charge in [0.25, 0.3) is 5.91 Å². The Kier molecular flexibility index (Phi) is 5.15. The summed E-state index contributed by atoms with van der Waals surface area (Å²) in [7, 11) is 0. The Labute approximate surface area is 141 Å². The van der Waals surface area contributed by atoms with Gasteiger partial charge in [0, 0.05) is 12.1 Å². The van der Waals surface area contributed by atoms with E-state index in [0.717, 1.165) is 5.56 Å². The molecule has 0 atom stereocenters. The van der Waals surface area contributed by atoms with Gasteiger partial charge in [0.15, 0.2) is 0 Å². The Balaban J connectivity index is 2.01. The minimum Gasteiger partial charge on any atom is -0.348 e. The lowest BCUT2D eigenvalue weighted by Crippen LogP contribution is -2.23. The van der Waals surface area contributed by atoms with E-state index in [9.17, 15) is 4.79 Å². The van der Waals surface area contributed by atoms with Crippen LogP contribution in [0.2, 0.25) is 10.0 Å². The highest BCUT2D eigenvalue weighted by atomic mass is 35.5. The average molecular weight is 336 g/mol. The minimum atomic E-state index is -0.105. The van der Waals surface area contributed by atoms with E-state index in [0.29, 0.717) is 22.2 Å². The first-order valence-electron chi connectivity index (χ1n) is 7.10. The third-order valence-electron chi connectivity index (χ3n) is 3.45. The van der Waals surface area contributed by atoms with Crippen LogP contribution in [0.25, 0.3) is 0 Å². The molecule has 2 aromatic carbocycles. The zero-order chi connectivity index (χ0) is 16.3. The maximum Gasteiger partial charge on any atom is 0.251 e. The number of nitrogens with one attached hydrogen (secondary N) is 1. The van der Waals surface area contributed by atoms with Gasteiger partial charge < -0.3 is 5.32 Å². The predicted octanol–water partition coefficient (Wildman–Crippen LogP) is 5.22. The van der Waals surface area contributed by atoms with Crippen molar-refractivity contribution >= 4 is 29.1 Å². The van der Waals surface area contributed by atoms with E-state index in [4.69, 9.17) is 23.2 Å². The van der Waals surface area contributed by atoms with Crippen LogP contribution in [0.4, 0.5) is 0 Å². The van der Waals surface area contributed by atoms with Crippen molar-refractivity contribution in [2.45, 2.75) is 32.7 Å². The van der Waals surface area contributed by atoms with Crippen LogP contribution in [0.5, 0.6) is 0 Å². The molecule has 0 bridgehead atoms. The van der Waals surface area contributed by atoms with E-state index in [2.05, 4.69) is 26.1 Å². The standard InChI is InChI=1S/C18H19Cl2NO/c1-18(2,3)14-7-5-13(6-8-14)17(22)21-11-12-4-9-15(19)16(20)10-12/h4-10H,11H2,1-3H3,(H,21,22). The molecule has 0 aliphatic heterocycles. The summed E-state index contributed by atoms with van der Waals surface area (Å²) in [5.41, 5.74) is 2.84. The van der Waals surface area contributed by atoms with Crippen LogP contribution in [0, 0.1) is 0 Å². The first-order chi connectivity index (χ1) is 10.3. The highest BCUT2D eigenvalue weighted by Gasteiger charge is 2.14. The lowest BCUT2D eigenvalue weighted by atomic mass is 9.87. The zero-order valence-corrected chi connectivity index (χ0v) is 14.4. The van der Waals surface area contributed by atoms with Gasteiger partial charge in [-0.1, -0.05) is 62.2 Å². The number of halogens is 2. The second-order valence-corrected chi connectivity index (χ2v) is 7.07. The highest BCUT2D eigenvalue weighted by Crippen LogP contribution is 2.23. The Morgan fingerprint density at radius 2 is 1.64 bits per heavy atom. The number of benzene rings is 2. The average Bonchev–Trinajstić information content (AvgIpc) is 2.47. The quantitative estimate of drug-likeness (QED) is 0.818. The van der Waals surface area contributed by atoms with Gasteiger partial charge in [0.2, 0.25) is 0 Å². The fourth-order valence-corrected chi connectivity index (χ4v) is 2.38. The molecule has 22 heavy (non-hydrogen) atoms. The van der Waals surface area contributed by atoms with Crippen LogP contribution < -0.4 is 5.32 Å². The summed E-state index contributed by atoms with van der Waals surface area (Å²) >= 11 is 11.8. The van der Waals surface area contributed by atoms with Crippen LogP contribution in [-0.2, 0) is 12.0 Å². The number of rotatable bonds is 3. The molecular weight excluding hydrogens is 317 g/mol. The molecule has 0 saturated carbocycles. The van der Waals surface area contributed by atoms with Gasteiger partial charge in [-0.05, 0) is 40.8 Å². The van der Waals surface area contributed by atoms with Gasteiger partial charge >= 0.3 is 0 Å². The largest absolute Gasteiger partial charge is 0.348 e. The third kappa shape index (κ3) is 4.25. The van der Waals surface area contributed by atoms with Crippen LogP contribution in [0.1, 0.15) is 42.3 Å². The topological polar surface area (TPSA) is 29.1 Å².